The van der Waals surface area contributed by atoms with Crippen molar-refractivity contribution in [3.05, 3.63) is 65.7 Å². The Hall–Kier alpha value is -3.69. The highest BCUT2D eigenvalue weighted by molar-refractivity contribution is 6.35. The van der Waals surface area contributed by atoms with E-state index in [4.69, 9.17) is 5.11 Å². The van der Waals surface area contributed by atoms with Gasteiger partial charge >= 0.3 is 12.1 Å². The largest absolute Gasteiger partial charge is 0.475 e. The smallest absolute Gasteiger partial charge is 0.416 e. The number of amides is 2. The fourth-order valence-corrected chi connectivity index (χ4v) is 3.89. The van der Waals surface area contributed by atoms with E-state index in [1.54, 1.807) is 30.3 Å². The van der Waals surface area contributed by atoms with Crippen molar-refractivity contribution in [1.82, 2.24) is 4.90 Å². The molecule has 10 heteroatoms. The first-order valence-electron chi connectivity index (χ1n) is 10.7. The van der Waals surface area contributed by atoms with Crippen molar-refractivity contribution < 1.29 is 37.5 Å². The van der Waals surface area contributed by atoms with Crippen LogP contribution in [0.15, 0.2) is 54.6 Å². The molecule has 0 bridgehead atoms. The highest BCUT2D eigenvalue weighted by Crippen LogP contribution is 2.29. The molecule has 3 rings (SSSR count). The molecule has 180 valence electrons. The number of aliphatic carboxylic acids is 1. The molecule has 1 saturated heterocycles. The average Bonchev–Trinajstić information content (AvgIpc) is 3.30. The molecule has 0 aromatic heterocycles. The third-order valence-corrected chi connectivity index (χ3v) is 5.63. The van der Waals surface area contributed by atoms with Crippen molar-refractivity contribution in [2.24, 2.45) is 0 Å². The summed E-state index contributed by atoms with van der Waals surface area (Å²) in [5.74, 6) is -3.58. The number of Topliss-reactive ketones (excluding diaryl/α,β-unsaturated/α-hetero) is 1. The Labute approximate surface area is 193 Å². The zero-order chi connectivity index (χ0) is 24.9. The van der Waals surface area contributed by atoms with Crippen LogP contribution in [0.2, 0.25) is 0 Å². The number of carboxylic acid groups (broad SMARTS) is 1. The zero-order valence-electron chi connectivity index (χ0n) is 18.1. The molecular weight excluding hydrogens is 453 g/mol. The van der Waals surface area contributed by atoms with Gasteiger partial charge in [-0.1, -0.05) is 30.3 Å². The molecule has 0 aliphatic carbocycles. The molecule has 0 radical (unpaired) electrons. The number of carbonyl (C=O) groups excluding carboxylic acids is 3. The number of halogens is 3. The fraction of sp³-hybridized carbons (Fsp3) is 0.333. The fourth-order valence-electron chi connectivity index (χ4n) is 3.89. The van der Waals surface area contributed by atoms with Gasteiger partial charge in [-0.25, -0.2) is 4.79 Å². The number of anilines is 1. The second-order valence-electron chi connectivity index (χ2n) is 7.92. The van der Waals surface area contributed by atoms with Crippen LogP contribution in [0.1, 0.15) is 36.8 Å². The van der Waals surface area contributed by atoms with Gasteiger partial charge in [0, 0.05) is 25.1 Å². The summed E-state index contributed by atoms with van der Waals surface area (Å²) >= 11 is 0. The van der Waals surface area contributed by atoms with Crippen molar-refractivity contribution in [2.75, 3.05) is 11.4 Å². The molecule has 1 heterocycles. The summed E-state index contributed by atoms with van der Waals surface area (Å²) < 4.78 is 38.5. The van der Waals surface area contributed by atoms with Gasteiger partial charge in [-0.2, -0.15) is 13.2 Å². The van der Waals surface area contributed by atoms with E-state index in [9.17, 15) is 32.3 Å². The lowest BCUT2D eigenvalue weighted by atomic mass is 10.1. The van der Waals surface area contributed by atoms with Crippen LogP contribution in [-0.4, -0.2) is 46.2 Å². The number of rotatable bonds is 8. The molecule has 0 unspecified atom stereocenters. The van der Waals surface area contributed by atoms with Crippen LogP contribution in [0.3, 0.4) is 0 Å². The predicted octanol–water partition coefficient (Wildman–Crippen LogP) is 3.66. The van der Waals surface area contributed by atoms with Gasteiger partial charge in [-0.15, -0.1) is 0 Å². The summed E-state index contributed by atoms with van der Waals surface area (Å²) in [5.41, 5.74) is 0.193. The lowest BCUT2D eigenvalue weighted by Gasteiger charge is -2.25. The molecule has 1 fully saturated rings. The SMILES string of the molecule is O=C(O)C(=O)[C@@H]1CCCN1C(=O)CCC(=O)N(Cc1ccc(C(F)(F)F)cc1)c1ccccc1. The van der Waals surface area contributed by atoms with Crippen LogP contribution in [0.25, 0.3) is 0 Å². The molecule has 1 aliphatic rings. The normalized spacial score (nSPS) is 15.7. The van der Waals surface area contributed by atoms with Crippen LogP contribution >= 0.6 is 0 Å². The first-order chi connectivity index (χ1) is 16.1. The van der Waals surface area contributed by atoms with Crippen molar-refractivity contribution in [3.63, 3.8) is 0 Å². The number of carbonyl (C=O) groups is 4. The highest BCUT2D eigenvalue weighted by Gasteiger charge is 2.37. The van der Waals surface area contributed by atoms with Crippen LogP contribution in [0, 0.1) is 0 Å². The Kier molecular flexibility index (Phi) is 7.70. The van der Waals surface area contributed by atoms with Gasteiger partial charge in [-0.05, 0) is 42.7 Å². The molecule has 0 saturated carbocycles. The van der Waals surface area contributed by atoms with Gasteiger partial charge in [0.2, 0.25) is 11.8 Å². The quantitative estimate of drug-likeness (QED) is 0.587. The molecular formula is C24H23F3N2O5. The number of benzene rings is 2. The van der Waals surface area contributed by atoms with E-state index in [1.165, 1.54) is 21.9 Å². The maximum atomic E-state index is 13.0. The zero-order valence-corrected chi connectivity index (χ0v) is 18.1. The number of likely N-dealkylation sites (tertiary alicyclic amines) is 1. The number of hydrogen-bond acceptors (Lipinski definition) is 4. The molecule has 1 aliphatic heterocycles. The standard InChI is InChI=1S/C24H23F3N2O5/c25-24(26,27)17-10-8-16(9-11-17)15-29(18-5-2-1-3-6-18)21(31)13-12-20(30)28-14-4-7-19(28)22(32)23(33)34/h1-3,5-6,8-11,19H,4,7,12-15H2,(H,33,34)/t19-/m0/s1. The van der Waals surface area contributed by atoms with Gasteiger partial charge in [0.15, 0.2) is 0 Å². The molecule has 2 aromatic rings. The number of para-hydroxylation sites is 1. The average molecular weight is 476 g/mol. The maximum Gasteiger partial charge on any atom is 0.416 e. The molecule has 0 spiro atoms. The number of ketones is 1. The first-order valence-corrected chi connectivity index (χ1v) is 10.7. The highest BCUT2D eigenvalue weighted by atomic mass is 19.4. The lowest BCUT2D eigenvalue weighted by Crippen LogP contribution is -2.43. The Morgan fingerprint density at radius 2 is 1.62 bits per heavy atom. The van der Waals surface area contributed by atoms with Crippen LogP contribution in [-0.2, 0) is 31.9 Å². The predicted molar refractivity (Wildman–Crippen MR) is 116 cm³/mol. The molecule has 1 N–H and O–H groups in total. The van der Waals surface area contributed by atoms with Gasteiger partial charge in [0.05, 0.1) is 12.1 Å². The third kappa shape index (κ3) is 6.00. The minimum absolute atomic E-state index is 0.000978. The monoisotopic (exact) mass is 476 g/mol. The summed E-state index contributed by atoms with van der Waals surface area (Å²) in [6, 6.07) is 12.0. The van der Waals surface area contributed by atoms with Crippen molar-refractivity contribution in [3.8, 4) is 0 Å². The maximum absolute atomic E-state index is 13.0. The number of hydrogen-bond donors (Lipinski definition) is 1. The number of carboxylic acids is 1. The van der Waals surface area contributed by atoms with Gasteiger partial charge in [0.25, 0.3) is 5.78 Å². The van der Waals surface area contributed by atoms with E-state index in [0.717, 1.165) is 12.1 Å². The van der Waals surface area contributed by atoms with Crippen LogP contribution in [0.5, 0.6) is 0 Å². The van der Waals surface area contributed by atoms with E-state index in [0.29, 0.717) is 17.7 Å². The van der Waals surface area contributed by atoms with Crippen molar-refractivity contribution >= 4 is 29.3 Å². The van der Waals surface area contributed by atoms with Crippen molar-refractivity contribution in [1.29, 1.82) is 0 Å². The second-order valence-corrected chi connectivity index (χ2v) is 7.92. The van der Waals surface area contributed by atoms with E-state index >= 15 is 0 Å². The van der Waals surface area contributed by atoms with Crippen LogP contribution in [0.4, 0.5) is 18.9 Å². The third-order valence-electron chi connectivity index (χ3n) is 5.63. The Morgan fingerprint density at radius 3 is 2.21 bits per heavy atom. The summed E-state index contributed by atoms with van der Waals surface area (Å²) in [5, 5.41) is 8.95. The molecule has 7 nitrogen and oxygen atoms in total. The van der Waals surface area contributed by atoms with Crippen molar-refractivity contribution in [2.45, 2.75) is 44.4 Å². The van der Waals surface area contributed by atoms with Gasteiger partial charge < -0.3 is 14.9 Å². The lowest BCUT2D eigenvalue weighted by molar-refractivity contribution is -0.152. The first kappa shape index (κ1) is 24.9. The van der Waals surface area contributed by atoms with E-state index in [-0.39, 0.29) is 32.4 Å². The van der Waals surface area contributed by atoms with E-state index in [1.807, 2.05) is 0 Å². The Balaban J connectivity index is 1.71. The molecule has 1 atom stereocenters. The minimum Gasteiger partial charge on any atom is -0.475 e. The Bertz CT molecular complexity index is 1050. The second kappa shape index (κ2) is 10.5. The summed E-state index contributed by atoms with van der Waals surface area (Å²) in [4.78, 5) is 51.1. The molecule has 2 amide bonds. The molecule has 2 aromatic carbocycles. The minimum atomic E-state index is -4.47. The topological polar surface area (TPSA) is 95.0 Å². The Morgan fingerprint density at radius 1 is 0.971 bits per heavy atom. The summed E-state index contributed by atoms with van der Waals surface area (Å²) in [6.45, 7) is 0.240. The summed E-state index contributed by atoms with van der Waals surface area (Å²) in [7, 11) is 0. The number of alkyl halides is 3. The van der Waals surface area contributed by atoms with Crippen LogP contribution < -0.4 is 4.90 Å². The molecule has 34 heavy (non-hydrogen) atoms. The van der Waals surface area contributed by atoms with E-state index in [2.05, 4.69) is 0 Å². The van der Waals surface area contributed by atoms with Gasteiger partial charge in [0.1, 0.15) is 6.04 Å². The van der Waals surface area contributed by atoms with Gasteiger partial charge in [-0.3, -0.25) is 14.4 Å². The van der Waals surface area contributed by atoms with E-state index < -0.39 is 41.3 Å². The summed E-state index contributed by atoms with van der Waals surface area (Å²) in [6.07, 6.45) is -4.15. The number of nitrogens with zero attached hydrogens (tertiary/aromatic N) is 2.